The highest BCUT2D eigenvalue weighted by Crippen LogP contribution is 2.39. The number of aryl methyl sites for hydroxylation is 1. The van der Waals surface area contributed by atoms with E-state index in [0.717, 1.165) is 18.3 Å². The van der Waals surface area contributed by atoms with Crippen LogP contribution in [0.5, 0.6) is 0 Å². The molecule has 2 saturated carbocycles. The van der Waals surface area contributed by atoms with Gasteiger partial charge in [-0.25, -0.2) is 0 Å². The molecule has 0 saturated heterocycles. The van der Waals surface area contributed by atoms with Gasteiger partial charge in [-0.3, -0.25) is 4.98 Å². The van der Waals surface area contributed by atoms with Gasteiger partial charge in [0.25, 0.3) is 0 Å². The number of nitrogens with zero attached hydrogens (tertiary/aromatic N) is 1. The fourth-order valence-corrected chi connectivity index (χ4v) is 3.30. The van der Waals surface area contributed by atoms with E-state index in [9.17, 15) is 0 Å². The second-order valence-electron chi connectivity index (χ2n) is 6.34. The van der Waals surface area contributed by atoms with Gasteiger partial charge < -0.3 is 0 Å². The number of pyridine rings is 1. The molecule has 2 aliphatic carbocycles. The Morgan fingerprint density at radius 2 is 1.89 bits per heavy atom. The normalized spacial score (nSPS) is 20.4. The Balaban J connectivity index is 1.65. The second-order valence-corrected chi connectivity index (χ2v) is 6.34. The third-order valence-electron chi connectivity index (χ3n) is 4.69. The molecule has 1 heterocycles. The molecule has 0 bridgehead atoms. The summed E-state index contributed by atoms with van der Waals surface area (Å²) in [6.07, 6.45) is 14.3. The van der Waals surface area contributed by atoms with E-state index in [1.807, 2.05) is 6.08 Å². The van der Waals surface area contributed by atoms with Gasteiger partial charge in [0.05, 0.1) is 0 Å². The van der Waals surface area contributed by atoms with E-state index in [-0.39, 0.29) is 0 Å². The Hall–Kier alpha value is -1.11. The summed E-state index contributed by atoms with van der Waals surface area (Å²) in [4.78, 5) is 4.88. The summed E-state index contributed by atoms with van der Waals surface area (Å²) < 4.78 is 0. The van der Waals surface area contributed by atoms with E-state index < -0.39 is 0 Å². The van der Waals surface area contributed by atoms with Crippen molar-refractivity contribution >= 4 is 6.08 Å². The molecular weight excluding hydrogens is 230 g/mol. The lowest BCUT2D eigenvalue weighted by Gasteiger charge is -2.21. The van der Waals surface area contributed by atoms with Crippen LogP contribution in [-0.4, -0.2) is 4.98 Å². The highest BCUT2D eigenvalue weighted by atomic mass is 14.7. The van der Waals surface area contributed by atoms with Crippen molar-refractivity contribution < 1.29 is 0 Å². The molecule has 19 heavy (non-hydrogen) atoms. The molecule has 1 nitrogen and oxygen atoms in total. The Morgan fingerprint density at radius 1 is 1.11 bits per heavy atom. The van der Waals surface area contributed by atoms with Gasteiger partial charge in [0, 0.05) is 17.3 Å². The summed E-state index contributed by atoms with van der Waals surface area (Å²) in [5.41, 5.74) is 3.87. The summed E-state index contributed by atoms with van der Waals surface area (Å²) in [6.45, 7) is 3.92. The highest BCUT2D eigenvalue weighted by molar-refractivity contribution is 5.48. The molecule has 0 radical (unpaired) electrons. The zero-order chi connectivity index (χ0) is 13.1. The molecule has 2 fully saturated rings. The summed E-state index contributed by atoms with van der Waals surface area (Å²) in [7, 11) is 0. The van der Waals surface area contributed by atoms with Crippen molar-refractivity contribution in [1.82, 2.24) is 4.98 Å². The minimum atomic E-state index is 0.744. The van der Waals surface area contributed by atoms with Crippen LogP contribution in [0, 0.1) is 5.92 Å². The summed E-state index contributed by atoms with van der Waals surface area (Å²) in [6, 6.07) is 4.47. The summed E-state index contributed by atoms with van der Waals surface area (Å²) in [5, 5.41) is 0. The molecule has 2 aliphatic rings. The van der Waals surface area contributed by atoms with E-state index in [1.54, 1.807) is 0 Å². The Bertz CT molecular complexity index is 439. The number of aromatic nitrogens is 1. The van der Waals surface area contributed by atoms with E-state index in [2.05, 4.69) is 18.7 Å². The van der Waals surface area contributed by atoms with E-state index >= 15 is 0 Å². The van der Waals surface area contributed by atoms with Crippen molar-refractivity contribution in [3.63, 3.8) is 0 Å². The zero-order valence-corrected chi connectivity index (χ0v) is 11.9. The number of rotatable bonds is 5. The molecule has 0 amide bonds. The highest BCUT2D eigenvalue weighted by Gasteiger charge is 2.25. The van der Waals surface area contributed by atoms with E-state index in [4.69, 9.17) is 4.98 Å². The Labute approximate surface area is 117 Å². The molecule has 0 aromatic carbocycles. The first-order valence-corrected chi connectivity index (χ1v) is 7.98. The van der Waals surface area contributed by atoms with Gasteiger partial charge >= 0.3 is 0 Å². The average Bonchev–Trinajstić information content (AvgIpc) is 3.30. The van der Waals surface area contributed by atoms with Gasteiger partial charge in [-0.05, 0) is 49.3 Å². The summed E-state index contributed by atoms with van der Waals surface area (Å²) in [5.74, 6) is 1.70. The van der Waals surface area contributed by atoms with Crippen molar-refractivity contribution in [2.75, 3.05) is 0 Å². The molecule has 0 aliphatic heterocycles. The summed E-state index contributed by atoms with van der Waals surface area (Å²) >= 11 is 0. The molecule has 0 spiro atoms. The smallest absolute Gasteiger partial charge is 0.0443 e. The molecule has 0 atom stereocenters. The standard InChI is InChI=1S/C18H25N/c1-2-14-12-17(19-18(13-14)16-9-10-16)11-8-15-6-4-3-5-7-15/h2,12-13,15-16H,1,3-11H2. The van der Waals surface area contributed by atoms with Crippen molar-refractivity contribution in [3.05, 3.63) is 35.7 Å². The number of hydrogen-bond donors (Lipinski definition) is 0. The fourth-order valence-electron chi connectivity index (χ4n) is 3.30. The van der Waals surface area contributed by atoms with Crippen molar-refractivity contribution in [1.29, 1.82) is 0 Å². The van der Waals surface area contributed by atoms with Crippen LogP contribution in [-0.2, 0) is 6.42 Å². The van der Waals surface area contributed by atoms with Gasteiger partial charge in [-0.2, -0.15) is 0 Å². The van der Waals surface area contributed by atoms with Crippen LogP contribution in [0.2, 0.25) is 0 Å². The minimum absolute atomic E-state index is 0.744. The quantitative estimate of drug-likeness (QED) is 0.712. The van der Waals surface area contributed by atoms with Gasteiger partial charge in [0.2, 0.25) is 0 Å². The molecule has 102 valence electrons. The topological polar surface area (TPSA) is 12.9 Å². The first-order valence-electron chi connectivity index (χ1n) is 7.98. The van der Waals surface area contributed by atoms with Gasteiger partial charge in [-0.15, -0.1) is 0 Å². The Morgan fingerprint density at radius 3 is 2.58 bits per heavy atom. The predicted molar refractivity (Wildman–Crippen MR) is 81.2 cm³/mol. The predicted octanol–water partition coefficient (Wildman–Crippen LogP) is 5.11. The maximum atomic E-state index is 4.88. The maximum Gasteiger partial charge on any atom is 0.0443 e. The van der Waals surface area contributed by atoms with E-state index in [0.29, 0.717) is 0 Å². The third kappa shape index (κ3) is 3.46. The van der Waals surface area contributed by atoms with Crippen LogP contribution in [0.1, 0.15) is 74.2 Å². The van der Waals surface area contributed by atoms with Gasteiger partial charge in [0.15, 0.2) is 0 Å². The SMILES string of the molecule is C=Cc1cc(CCC2CCCCC2)nc(C2CC2)c1. The van der Waals surface area contributed by atoms with Crippen molar-refractivity contribution in [2.24, 2.45) is 5.92 Å². The molecule has 0 N–H and O–H groups in total. The molecule has 3 rings (SSSR count). The third-order valence-corrected chi connectivity index (χ3v) is 4.69. The molecular formula is C18H25N. The fraction of sp³-hybridized carbons (Fsp3) is 0.611. The van der Waals surface area contributed by atoms with Crippen LogP contribution >= 0.6 is 0 Å². The minimum Gasteiger partial charge on any atom is -0.258 e. The van der Waals surface area contributed by atoms with Crippen LogP contribution < -0.4 is 0 Å². The van der Waals surface area contributed by atoms with E-state index in [1.165, 1.54) is 68.3 Å². The monoisotopic (exact) mass is 255 g/mol. The second kappa shape index (κ2) is 5.90. The molecule has 1 aromatic rings. The van der Waals surface area contributed by atoms with Crippen LogP contribution in [0.4, 0.5) is 0 Å². The van der Waals surface area contributed by atoms with Gasteiger partial charge in [-0.1, -0.05) is 44.8 Å². The first-order chi connectivity index (χ1) is 9.35. The van der Waals surface area contributed by atoms with Crippen LogP contribution in [0.15, 0.2) is 18.7 Å². The van der Waals surface area contributed by atoms with Crippen LogP contribution in [0.25, 0.3) is 6.08 Å². The molecule has 1 aromatic heterocycles. The molecule has 1 heteroatoms. The lowest BCUT2D eigenvalue weighted by Crippen LogP contribution is -2.08. The van der Waals surface area contributed by atoms with Gasteiger partial charge in [0.1, 0.15) is 0 Å². The lowest BCUT2D eigenvalue weighted by atomic mass is 9.85. The average molecular weight is 255 g/mol. The lowest BCUT2D eigenvalue weighted by molar-refractivity contribution is 0.338. The maximum absolute atomic E-state index is 4.88. The molecule has 0 unspecified atom stereocenters. The number of hydrogen-bond acceptors (Lipinski definition) is 1. The van der Waals surface area contributed by atoms with Crippen molar-refractivity contribution in [3.8, 4) is 0 Å². The zero-order valence-electron chi connectivity index (χ0n) is 11.9. The largest absolute Gasteiger partial charge is 0.258 e. The van der Waals surface area contributed by atoms with Crippen LogP contribution in [0.3, 0.4) is 0 Å². The first kappa shape index (κ1) is 12.9. The Kier molecular flexibility index (Phi) is 4.00. The van der Waals surface area contributed by atoms with Crippen molar-refractivity contribution in [2.45, 2.75) is 63.7 Å².